The molecule has 1 aromatic carbocycles. The van der Waals surface area contributed by atoms with E-state index in [9.17, 15) is 13.2 Å². The number of alkyl halides is 3. The Morgan fingerprint density at radius 1 is 1.28 bits per heavy atom. The molecular formula is C17H22ClF3N4. The second-order valence-corrected chi connectivity index (χ2v) is 6.29. The van der Waals surface area contributed by atoms with Crippen molar-refractivity contribution in [3.05, 3.63) is 41.6 Å². The number of nitrogens with one attached hydrogen (secondary N) is 2. The molecule has 2 heterocycles. The number of hydrogen-bond acceptors (Lipinski definition) is 3. The molecule has 3 rings (SSSR count). The number of benzene rings is 1. The summed E-state index contributed by atoms with van der Waals surface area (Å²) in [4.78, 5) is 2.36. The lowest BCUT2D eigenvalue weighted by Gasteiger charge is -2.16. The van der Waals surface area contributed by atoms with Crippen LogP contribution in [0.1, 0.15) is 17.5 Å². The maximum Gasteiger partial charge on any atom is 0.416 e. The molecule has 0 aliphatic carbocycles. The van der Waals surface area contributed by atoms with E-state index in [0.717, 1.165) is 61.6 Å². The average Bonchev–Trinajstić information content (AvgIpc) is 3.17. The van der Waals surface area contributed by atoms with E-state index in [4.69, 9.17) is 0 Å². The highest BCUT2D eigenvalue weighted by Gasteiger charge is 2.30. The smallest absolute Gasteiger partial charge is 0.319 e. The van der Waals surface area contributed by atoms with Crippen molar-refractivity contribution in [1.82, 2.24) is 20.4 Å². The van der Waals surface area contributed by atoms with Gasteiger partial charge >= 0.3 is 6.18 Å². The summed E-state index contributed by atoms with van der Waals surface area (Å²) in [5.74, 6) is 0.649. The molecule has 0 bridgehead atoms. The number of likely N-dealkylation sites (tertiary alicyclic amines) is 1. The van der Waals surface area contributed by atoms with Crippen LogP contribution in [-0.2, 0) is 12.7 Å². The van der Waals surface area contributed by atoms with Crippen molar-refractivity contribution in [2.75, 3.05) is 26.7 Å². The van der Waals surface area contributed by atoms with Crippen LogP contribution in [0.5, 0.6) is 0 Å². The first kappa shape index (κ1) is 19.8. The minimum Gasteiger partial charge on any atom is -0.319 e. The van der Waals surface area contributed by atoms with Crippen LogP contribution < -0.4 is 5.32 Å². The summed E-state index contributed by atoms with van der Waals surface area (Å²) in [6.07, 6.45) is -1.39. The number of aromatic nitrogens is 2. The van der Waals surface area contributed by atoms with E-state index in [2.05, 4.69) is 20.4 Å². The molecule has 0 spiro atoms. The van der Waals surface area contributed by atoms with Crippen LogP contribution in [0, 0.1) is 5.92 Å². The summed E-state index contributed by atoms with van der Waals surface area (Å²) in [6.45, 7) is 3.82. The quantitative estimate of drug-likeness (QED) is 0.841. The largest absolute Gasteiger partial charge is 0.416 e. The molecule has 0 amide bonds. The number of hydrogen-bond donors (Lipinski definition) is 2. The topological polar surface area (TPSA) is 44.0 Å². The van der Waals surface area contributed by atoms with Gasteiger partial charge in [-0.3, -0.25) is 10.00 Å². The average molecular weight is 375 g/mol. The fourth-order valence-electron chi connectivity index (χ4n) is 3.26. The zero-order chi connectivity index (χ0) is 17.2. The van der Waals surface area contributed by atoms with Gasteiger partial charge in [-0.1, -0.05) is 12.1 Å². The predicted octanol–water partition coefficient (Wildman–Crippen LogP) is 3.56. The van der Waals surface area contributed by atoms with Crippen molar-refractivity contribution in [1.29, 1.82) is 0 Å². The van der Waals surface area contributed by atoms with Crippen molar-refractivity contribution >= 4 is 12.4 Å². The Kier molecular flexibility index (Phi) is 6.48. The lowest BCUT2D eigenvalue weighted by atomic mass is 10.1. The Hall–Kier alpha value is -1.57. The molecule has 0 saturated carbocycles. The Balaban J connectivity index is 0.00000225. The summed E-state index contributed by atoms with van der Waals surface area (Å²) < 4.78 is 38.0. The van der Waals surface area contributed by atoms with E-state index in [0.29, 0.717) is 5.92 Å². The van der Waals surface area contributed by atoms with E-state index in [1.54, 1.807) is 6.20 Å². The zero-order valence-electron chi connectivity index (χ0n) is 13.9. The first-order chi connectivity index (χ1) is 11.5. The van der Waals surface area contributed by atoms with E-state index in [-0.39, 0.29) is 12.4 Å². The van der Waals surface area contributed by atoms with Crippen LogP contribution in [0.2, 0.25) is 0 Å². The molecule has 1 aromatic heterocycles. The molecule has 0 radical (unpaired) electrons. The molecule has 2 aromatic rings. The SMILES string of the molecule is CNCC1CCN(Cc2cn[nH]c2-c2ccc(C(F)(F)F)cc2)C1.Cl. The number of H-pyrrole nitrogens is 1. The molecular weight excluding hydrogens is 353 g/mol. The van der Waals surface area contributed by atoms with Gasteiger partial charge < -0.3 is 5.32 Å². The first-order valence-corrected chi connectivity index (χ1v) is 8.04. The Labute approximate surface area is 151 Å². The zero-order valence-corrected chi connectivity index (χ0v) is 14.8. The molecule has 25 heavy (non-hydrogen) atoms. The Morgan fingerprint density at radius 2 is 2.00 bits per heavy atom. The fraction of sp³-hybridized carbons (Fsp3) is 0.471. The van der Waals surface area contributed by atoms with Crippen LogP contribution in [-0.4, -0.2) is 41.8 Å². The summed E-state index contributed by atoms with van der Waals surface area (Å²) in [7, 11) is 1.96. The third-order valence-electron chi connectivity index (χ3n) is 4.48. The molecule has 1 aliphatic rings. The number of nitrogens with zero attached hydrogens (tertiary/aromatic N) is 2. The van der Waals surface area contributed by atoms with Gasteiger partial charge in [0.05, 0.1) is 17.5 Å². The summed E-state index contributed by atoms with van der Waals surface area (Å²) in [5.41, 5.74) is 1.89. The number of halogens is 4. The lowest BCUT2D eigenvalue weighted by molar-refractivity contribution is -0.137. The highest BCUT2D eigenvalue weighted by atomic mass is 35.5. The molecule has 1 fully saturated rings. The maximum absolute atomic E-state index is 12.7. The molecule has 1 unspecified atom stereocenters. The van der Waals surface area contributed by atoms with Gasteiger partial charge in [0.2, 0.25) is 0 Å². The monoisotopic (exact) mass is 374 g/mol. The van der Waals surface area contributed by atoms with Gasteiger partial charge in [0.1, 0.15) is 0 Å². The molecule has 1 saturated heterocycles. The minimum atomic E-state index is -4.31. The van der Waals surface area contributed by atoms with Crippen molar-refractivity contribution in [2.24, 2.45) is 5.92 Å². The van der Waals surface area contributed by atoms with Gasteiger partial charge in [-0.05, 0) is 50.2 Å². The third-order valence-corrected chi connectivity index (χ3v) is 4.48. The van der Waals surface area contributed by atoms with Gasteiger partial charge in [-0.25, -0.2) is 0 Å². The molecule has 138 valence electrons. The van der Waals surface area contributed by atoms with E-state index >= 15 is 0 Å². The van der Waals surface area contributed by atoms with Crippen LogP contribution in [0.4, 0.5) is 13.2 Å². The molecule has 1 atom stereocenters. The van der Waals surface area contributed by atoms with Crippen molar-refractivity contribution < 1.29 is 13.2 Å². The predicted molar refractivity (Wildman–Crippen MR) is 93.6 cm³/mol. The summed E-state index contributed by atoms with van der Waals surface area (Å²) in [6, 6.07) is 5.21. The molecule has 8 heteroatoms. The van der Waals surface area contributed by atoms with Crippen molar-refractivity contribution in [2.45, 2.75) is 19.1 Å². The van der Waals surface area contributed by atoms with Crippen molar-refractivity contribution in [3.8, 4) is 11.3 Å². The number of rotatable bonds is 5. The number of aromatic amines is 1. The highest BCUT2D eigenvalue weighted by molar-refractivity contribution is 5.85. The normalized spacial score (nSPS) is 18.3. The van der Waals surface area contributed by atoms with E-state index in [1.165, 1.54) is 12.1 Å². The van der Waals surface area contributed by atoms with Gasteiger partial charge in [-0.15, -0.1) is 12.4 Å². The molecule has 4 nitrogen and oxygen atoms in total. The Morgan fingerprint density at radius 3 is 2.64 bits per heavy atom. The summed E-state index contributed by atoms with van der Waals surface area (Å²) >= 11 is 0. The van der Waals surface area contributed by atoms with Gasteiger partial charge in [0, 0.05) is 18.7 Å². The molecule has 1 aliphatic heterocycles. The third kappa shape index (κ3) is 4.74. The van der Waals surface area contributed by atoms with Crippen LogP contribution >= 0.6 is 12.4 Å². The van der Waals surface area contributed by atoms with E-state index < -0.39 is 11.7 Å². The second kappa shape index (κ2) is 8.21. The fourth-order valence-corrected chi connectivity index (χ4v) is 3.26. The van der Waals surface area contributed by atoms with E-state index in [1.807, 2.05) is 7.05 Å². The second-order valence-electron chi connectivity index (χ2n) is 6.29. The van der Waals surface area contributed by atoms with Gasteiger partial charge in [0.15, 0.2) is 0 Å². The maximum atomic E-state index is 12.7. The van der Waals surface area contributed by atoms with Crippen LogP contribution in [0.15, 0.2) is 30.5 Å². The van der Waals surface area contributed by atoms with Crippen LogP contribution in [0.3, 0.4) is 0 Å². The standard InChI is InChI=1S/C17H21F3N4.ClH/c1-21-8-12-6-7-24(10-12)11-14-9-22-23-16(14)13-2-4-15(5-3-13)17(18,19)20;/h2-5,9,12,21H,6-8,10-11H2,1H3,(H,22,23);1H. The molecule has 2 N–H and O–H groups in total. The van der Waals surface area contributed by atoms with Crippen molar-refractivity contribution in [3.63, 3.8) is 0 Å². The van der Waals surface area contributed by atoms with Gasteiger partial charge in [0.25, 0.3) is 0 Å². The van der Waals surface area contributed by atoms with Gasteiger partial charge in [-0.2, -0.15) is 18.3 Å². The minimum absolute atomic E-state index is 0. The van der Waals surface area contributed by atoms with Crippen LogP contribution in [0.25, 0.3) is 11.3 Å². The lowest BCUT2D eigenvalue weighted by Crippen LogP contribution is -2.24. The Bertz CT molecular complexity index is 669. The first-order valence-electron chi connectivity index (χ1n) is 8.04. The highest BCUT2D eigenvalue weighted by Crippen LogP contribution is 2.31. The summed E-state index contributed by atoms with van der Waals surface area (Å²) in [5, 5.41) is 10.2.